The van der Waals surface area contributed by atoms with Gasteiger partial charge in [0.1, 0.15) is 0 Å². The van der Waals surface area contributed by atoms with Crippen LogP contribution in [0, 0.1) is 11.8 Å². The molecule has 0 spiro atoms. The second-order valence-corrected chi connectivity index (χ2v) is 12.5. The van der Waals surface area contributed by atoms with Crippen LogP contribution < -0.4 is 21.7 Å². The van der Waals surface area contributed by atoms with Crippen LogP contribution in [0.3, 0.4) is 0 Å². The maximum atomic E-state index is 3.93. The fourth-order valence-electron chi connectivity index (χ4n) is 6.80. The van der Waals surface area contributed by atoms with Crippen LogP contribution in [0.2, 0.25) is 0 Å². The molecule has 1 aliphatic carbocycles. The summed E-state index contributed by atoms with van der Waals surface area (Å²) in [6.45, 7) is 7.40. The molecule has 180 valence electrons. The predicted molar refractivity (Wildman–Crippen MR) is 158 cm³/mol. The Bertz CT molecular complexity index is 1500. The Morgan fingerprint density at radius 2 is 1.61 bits per heavy atom. The lowest BCUT2D eigenvalue weighted by Gasteiger charge is -2.37. The molecule has 0 bridgehead atoms. The summed E-state index contributed by atoms with van der Waals surface area (Å²) < 4.78 is 0. The molecule has 1 unspecified atom stereocenters. The topological polar surface area (TPSA) is 12.0 Å². The summed E-state index contributed by atoms with van der Waals surface area (Å²) in [5, 5.41) is 6.89. The second-order valence-electron chi connectivity index (χ2n) is 11.5. The number of hydrogen-bond donors (Lipinski definition) is 1. The van der Waals surface area contributed by atoms with Gasteiger partial charge in [0.15, 0.2) is 0 Å². The van der Waals surface area contributed by atoms with E-state index in [9.17, 15) is 0 Å². The molecule has 0 radical (unpaired) electrons. The van der Waals surface area contributed by atoms with E-state index in [1.165, 1.54) is 75.6 Å². The fraction of sp³-hybridized carbons (Fsp3) is 0.333. The summed E-state index contributed by atoms with van der Waals surface area (Å²) >= 11 is 2.04. The van der Waals surface area contributed by atoms with Crippen molar-refractivity contribution in [2.75, 3.05) is 5.32 Å². The lowest BCUT2D eigenvalue weighted by molar-refractivity contribution is 0.393. The smallest absolute Gasteiger partial charge is 0.250 e. The molecule has 1 atom stereocenters. The Morgan fingerprint density at radius 3 is 2.44 bits per heavy atom. The highest BCUT2D eigenvalue weighted by Crippen LogP contribution is 2.43. The third-order valence-corrected chi connectivity index (χ3v) is 10.4. The minimum absolute atomic E-state index is 0.295. The third-order valence-electron chi connectivity index (χ3n) is 9.15. The van der Waals surface area contributed by atoms with Crippen molar-refractivity contribution in [3.63, 3.8) is 0 Å². The minimum Gasteiger partial charge on any atom is -0.356 e. The number of anilines is 2. The SMILES string of the molecule is CC(C)C(C)CCc1cccc2c1Nc1cccc3c1B2c1c(c2c(c4ccccc14)CCCC2)S3. The van der Waals surface area contributed by atoms with Gasteiger partial charge in [-0.2, -0.15) is 0 Å². The van der Waals surface area contributed by atoms with Gasteiger partial charge >= 0.3 is 0 Å². The van der Waals surface area contributed by atoms with Crippen LogP contribution in [0.15, 0.2) is 70.5 Å². The number of benzene rings is 4. The van der Waals surface area contributed by atoms with Crippen LogP contribution in [-0.4, -0.2) is 6.71 Å². The van der Waals surface area contributed by atoms with E-state index >= 15 is 0 Å². The number of aryl methyl sites for hydroxylation is 2. The molecule has 2 aliphatic heterocycles. The van der Waals surface area contributed by atoms with Gasteiger partial charge in [-0.25, -0.2) is 0 Å². The van der Waals surface area contributed by atoms with Crippen molar-refractivity contribution in [2.45, 2.75) is 69.1 Å². The largest absolute Gasteiger partial charge is 0.356 e. The Labute approximate surface area is 220 Å². The maximum absolute atomic E-state index is 3.93. The zero-order valence-electron chi connectivity index (χ0n) is 21.7. The number of nitrogens with one attached hydrogen (secondary N) is 1. The van der Waals surface area contributed by atoms with E-state index in [0.29, 0.717) is 6.71 Å². The molecule has 7 rings (SSSR count). The maximum Gasteiger partial charge on any atom is 0.250 e. The van der Waals surface area contributed by atoms with Gasteiger partial charge in [-0.3, -0.25) is 0 Å². The summed E-state index contributed by atoms with van der Waals surface area (Å²) in [7, 11) is 0. The molecule has 1 nitrogen and oxygen atoms in total. The van der Waals surface area contributed by atoms with Crippen molar-refractivity contribution >= 4 is 57.0 Å². The van der Waals surface area contributed by atoms with Crippen LogP contribution in [0.1, 0.15) is 56.7 Å². The highest BCUT2D eigenvalue weighted by Gasteiger charge is 2.41. The molecule has 0 saturated heterocycles. The van der Waals surface area contributed by atoms with Crippen molar-refractivity contribution in [3.05, 3.63) is 77.4 Å². The van der Waals surface area contributed by atoms with Crippen molar-refractivity contribution in [1.82, 2.24) is 0 Å². The third kappa shape index (κ3) is 3.39. The predicted octanol–water partition coefficient (Wildman–Crippen LogP) is 6.98. The van der Waals surface area contributed by atoms with Gasteiger partial charge in [0.25, 0.3) is 0 Å². The molecule has 3 aliphatic rings. The zero-order chi connectivity index (χ0) is 24.4. The van der Waals surface area contributed by atoms with Crippen LogP contribution >= 0.6 is 11.8 Å². The molecule has 4 aromatic carbocycles. The highest BCUT2D eigenvalue weighted by molar-refractivity contribution is 8.00. The first-order chi connectivity index (χ1) is 17.6. The average molecular weight is 488 g/mol. The van der Waals surface area contributed by atoms with Crippen molar-refractivity contribution in [3.8, 4) is 0 Å². The summed E-state index contributed by atoms with van der Waals surface area (Å²) in [5.41, 5.74) is 11.9. The second kappa shape index (κ2) is 8.73. The first kappa shape index (κ1) is 22.5. The first-order valence-corrected chi connectivity index (χ1v) is 14.7. The molecule has 1 N–H and O–H groups in total. The van der Waals surface area contributed by atoms with Gasteiger partial charge in [0.05, 0.1) is 0 Å². The quantitative estimate of drug-likeness (QED) is 0.269. The summed E-state index contributed by atoms with van der Waals surface area (Å²) in [5.74, 6) is 1.45. The van der Waals surface area contributed by atoms with Crippen molar-refractivity contribution < 1.29 is 0 Å². The number of hydrogen-bond acceptors (Lipinski definition) is 2. The summed E-state index contributed by atoms with van der Waals surface area (Å²) in [6, 6.07) is 23.2. The molecular formula is C33H34BNS. The summed E-state index contributed by atoms with van der Waals surface area (Å²) in [4.78, 5) is 3.00. The minimum atomic E-state index is 0.295. The Balaban J connectivity index is 1.47. The lowest BCUT2D eigenvalue weighted by Crippen LogP contribution is -2.59. The molecule has 0 amide bonds. The summed E-state index contributed by atoms with van der Waals surface area (Å²) in [6.07, 6.45) is 7.43. The van der Waals surface area contributed by atoms with Crippen LogP contribution in [0.25, 0.3) is 10.8 Å². The lowest BCUT2D eigenvalue weighted by atomic mass is 9.34. The fourth-order valence-corrected chi connectivity index (χ4v) is 8.19. The van der Waals surface area contributed by atoms with E-state index in [-0.39, 0.29) is 0 Å². The van der Waals surface area contributed by atoms with Crippen molar-refractivity contribution in [1.29, 1.82) is 0 Å². The number of para-hydroxylation sites is 1. The molecule has 0 fully saturated rings. The van der Waals surface area contributed by atoms with E-state index in [4.69, 9.17) is 0 Å². The van der Waals surface area contributed by atoms with Gasteiger partial charge in [0.2, 0.25) is 6.71 Å². The van der Waals surface area contributed by atoms with Crippen LogP contribution in [0.4, 0.5) is 11.4 Å². The molecule has 0 saturated carbocycles. The van der Waals surface area contributed by atoms with Crippen molar-refractivity contribution in [2.24, 2.45) is 11.8 Å². The van der Waals surface area contributed by atoms with Gasteiger partial charge in [-0.15, -0.1) is 0 Å². The van der Waals surface area contributed by atoms with E-state index < -0.39 is 0 Å². The van der Waals surface area contributed by atoms with Crippen LogP contribution in [-0.2, 0) is 19.3 Å². The monoisotopic (exact) mass is 487 g/mol. The highest BCUT2D eigenvalue weighted by atomic mass is 32.2. The normalized spacial score (nSPS) is 16.2. The van der Waals surface area contributed by atoms with Gasteiger partial charge < -0.3 is 5.32 Å². The molecule has 0 aromatic heterocycles. The Morgan fingerprint density at radius 1 is 0.833 bits per heavy atom. The molecule has 2 heterocycles. The number of rotatable bonds is 4. The molecule has 3 heteroatoms. The van der Waals surface area contributed by atoms with E-state index in [2.05, 4.69) is 86.8 Å². The molecular weight excluding hydrogens is 453 g/mol. The standard InChI is InChI=1S/C33H34BNS/c1-20(2)21(3)18-19-22-10-8-15-27-32(22)35-28-16-9-17-29-31(28)34(27)30-25-13-6-4-11-23(25)24-12-5-7-14-26(24)33(30)36-29/h4,6,8-11,13,15-17,20-21,35H,5,7,12,14,18-19H2,1-3H3. The average Bonchev–Trinajstić information content (AvgIpc) is 2.91. The van der Waals surface area contributed by atoms with E-state index in [0.717, 1.165) is 18.3 Å². The zero-order valence-corrected chi connectivity index (χ0v) is 22.5. The van der Waals surface area contributed by atoms with E-state index in [1.54, 1.807) is 21.5 Å². The molecule has 36 heavy (non-hydrogen) atoms. The van der Waals surface area contributed by atoms with E-state index in [1.807, 2.05) is 11.8 Å². The van der Waals surface area contributed by atoms with Gasteiger partial charge in [-0.05, 0) is 106 Å². The van der Waals surface area contributed by atoms with Gasteiger partial charge in [0, 0.05) is 21.2 Å². The number of fused-ring (bicyclic) bond motifs is 9. The Hall–Kier alpha value is -2.65. The van der Waals surface area contributed by atoms with Gasteiger partial charge in [-0.1, -0.05) is 81.1 Å². The Kier molecular flexibility index (Phi) is 5.47. The first-order valence-electron chi connectivity index (χ1n) is 13.9. The molecule has 4 aromatic rings. The van der Waals surface area contributed by atoms with Crippen LogP contribution in [0.5, 0.6) is 0 Å².